The van der Waals surface area contributed by atoms with Gasteiger partial charge in [0.15, 0.2) is 0 Å². The highest BCUT2D eigenvalue weighted by Crippen LogP contribution is 2.08. The second-order valence-corrected chi connectivity index (χ2v) is 2.30. The molecule has 0 saturated carbocycles. The highest BCUT2D eigenvalue weighted by atomic mass is 16.2. The summed E-state index contributed by atoms with van der Waals surface area (Å²) in [5.74, 6) is 0. The maximum atomic E-state index is 10.6. The number of benzene rings is 1. The zero-order valence-corrected chi connectivity index (χ0v) is 6.06. The molecule has 0 aliphatic carbocycles. The number of nitrogens with zero attached hydrogens (tertiary/aromatic N) is 3. The van der Waals surface area contributed by atoms with Gasteiger partial charge in [0.25, 0.3) is 0 Å². The third-order valence-corrected chi connectivity index (χ3v) is 1.54. The van der Waals surface area contributed by atoms with Crippen LogP contribution in [0.5, 0.6) is 0 Å². The third kappa shape index (κ3) is 0.833. The van der Waals surface area contributed by atoms with E-state index in [4.69, 9.17) is 5.73 Å². The van der Waals surface area contributed by atoms with Crippen molar-refractivity contribution in [3.63, 3.8) is 0 Å². The highest BCUT2D eigenvalue weighted by Gasteiger charge is 2.06. The van der Waals surface area contributed by atoms with Crippen molar-refractivity contribution in [2.45, 2.75) is 0 Å². The van der Waals surface area contributed by atoms with E-state index in [2.05, 4.69) is 10.3 Å². The van der Waals surface area contributed by atoms with Gasteiger partial charge in [-0.2, -0.15) is 4.68 Å². The van der Waals surface area contributed by atoms with Crippen molar-refractivity contribution in [1.82, 2.24) is 20.7 Å². The van der Waals surface area contributed by atoms with Crippen LogP contribution in [0.15, 0.2) is 24.3 Å². The van der Waals surface area contributed by atoms with E-state index in [1.165, 1.54) is 0 Å². The Labute approximate surface area is 67.8 Å². The van der Waals surface area contributed by atoms with E-state index < -0.39 is 6.03 Å². The van der Waals surface area contributed by atoms with Crippen molar-refractivity contribution in [3.05, 3.63) is 24.3 Å². The summed E-state index contributed by atoms with van der Waals surface area (Å²) in [6, 6.07) is 6.13. The molecule has 5 heteroatoms. The van der Waals surface area contributed by atoms with E-state index in [0.717, 1.165) is 4.68 Å². The minimum Gasteiger partial charge on any atom is -0.246 e. The van der Waals surface area contributed by atoms with Crippen LogP contribution in [-0.4, -0.2) is 21.0 Å². The molecule has 0 saturated heterocycles. The molecule has 0 spiro atoms. The van der Waals surface area contributed by atoms with Crippen molar-refractivity contribution in [2.24, 2.45) is 0 Å². The standard InChI is InChI=1S/C7H5N4O/c8-7(12)11-6-4-2-1-3-5(6)9-10-11/h1-4,8H. The Balaban J connectivity index is 2.79. The minimum atomic E-state index is -0.872. The first-order valence-electron chi connectivity index (χ1n) is 3.35. The number of nitrogens with one attached hydrogen (secondary N) is 1. The van der Waals surface area contributed by atoms with Gasteiger partial charge < -0.3 is 0 Å². The fourth-order valence-electron chi connectivity index (χ4n) is 1.02. The Hall–Kier alpha value is -1.91. The lowest BCUT2D eigenvalue weighted by Gasteiger charge is -1.90. The van der Waals surface area contributed by atoms with Gasteiger partial charge in [-0.25, -0.2) is 10.5 Å². The summed E-state index contributed by atoms with van der Waals surface area (Å²) in [7, 11) is 0. The lowest BCUT2D eigenvalue weighted by atomic mass is 10.3. The van der Waals surface area contributed by atoms with Gasteiger partial charge in [0.05, 0.1) is 5.52 Å². The summed E-state index contributed by atoms with van der Waals surface area (Å²) in [6.07, 6.45) is 0. The normalized spacial score (nSPS) is 10.3. The zero-order valence-electron chi connectivity index (χ0n) is 6.06. The van der Waals surface area contributed by atoms with Gasteiger partial charge in [-0.1, -0.05) is 17.3 Å². The first-order valence-corrected chi connectivity index (χ1v) is 3.35. The molecule has 1 radical (unpaired) electrons. The molecule has 1 amide bonds. The van der Waals surface area contributed by atoms with E-state index in [-0.39, 0.29) is 0 Å². The van der Waals surface area contributed by atoms with Gasteiger partial charge in [0, 0.05) is 0 Å². The number of amides is 1. The first kappa shape index (κ1) is 6.78. The molecule has 1 aromatic carbocycles. The Morgan fingerprint density at radius 2 is 2.17 bits per heavy atom. The van der Waals surface area contributed by atoms with Gasteiger partial charge in [-0.15, -0.1) is 5.10 Å². The van der Waals surface area contributed by atoms with Crippen LogP contribution in [-0.2, 0) is 0 Å². The Kier molecular flexibility index (Phi) is 1.30. The summed E-state index contributed by atoms with van der Waals surface area (Å²) >= 11 is 0. The Bertz CT molecular complexity index is 434. The monoisotopic (exact) mass is 161 g/mol. The molecule has 1 aromatic heterocycles. The Morgan fingerprint density at radius 3 is 2.92 bits per heavy atom. The van der Waals surface area contributed by atoms with E-state index in [1.54, 1.807) is 24.3 Å². The van der Waals surface area contributed by atoms with E-state index in [9.17, 15) is 4.79 Å². The predicted octanol–water partition coefficient (Wildman–Crippen LogP) is 0.682. The van der Waals surface area contributed by atoms with Crippen LogP contribution in [0.1, 0.15) is 0 Å². The van der Waals surface area contributed by atoms with Crippen LogP contribution in [0, 0.1) is 0 Å². The molecule has 0 fully saturated rings. The van der Waals surface area contributed by atoms with Crippen LogP contribution in [0.4, 0.5) is 4.79 Å². The van der Waals surface area contributed by atoms with Gasteiger partial charge in [-0.05, 0) is 12.1 Å². The highest BCUT2D eigenvalue weighted by molar-refractivity contribution is 5.86. The zero-order chi connectivity index (χ0) is 8.55. The van der Waals surface area contributed by atoms with Gasteiger partial charge in [0.2, 0.25) is 0 Å². The lowest BCUT2D eigenvalue weighted by molar-refractivity contribution is 0.247. The number of rotatable bonds is 0. The number of hydrogen-bond acceptors (Lipinski definition) is 3. The number of para-hydroxylation sites is 1. The molecular formula is C7H5N4O. The first-order chi connectivity index (χ1) is 5.79. The van der Waals surface area contributed by atoms with E-state index >= 15 is 0 Å². The van der Waals surface area contributed by atoms with Crippen molar-refractivity contribution in [1.29, 1.82) is 0 Å². The van der Waals surface area contributed by atoms with Crippen molar-refractivity contribution in [3.8, 4) is 0 Å². The number of aromatic nitrogens is 3. The molecular weight excluding hydrogens is 156 g/mol. The van der Waals surface area contributed by atoms with Crippen LogP contribution in [0.25, 0.3) is 11.0 Å². The van der Waals surface area contributed by atoms with E-state index in [1.807, 2.05) is 0 Å². The molecule has 0 atom stereocenters. The summed E-state index contributed by atoms with van der Waals surface area (Å²) in [6.45, 7) is 0. The molecule has 0 bridgehead atoms. The van der Waals surface area contributed by atoms with Gasteiger partial charge in [0.1, 0.15) is 5.52 Å². The molecule has 5 nitrogen and oxygen atoms in total. The van der Waals surface area contributed by atoms with Crippen LogP contribution >= 0.6 is 0 Å². The summed E-state index contributed by atoms with van der Waals surface area (Å²) in [4.78, 5) is 10.6. The molecule has 59 valence electrons. The maximum Gasteiger partial charge on any atom is 0.362 e. The van der Waals surface area contributed by atoms with Crippen LogP contribution in [0.3, 0.4) is 0 Å². The molecule has 0 unspecified atom stereocenters. The molecule has 2 aromatic rings. The molecule has 12 heavy (non-hydrogen) atoms. The largest absolute Gasteiger partial charge is 0.362 e. The number of carbonyl (C=O) groups excluding carboxylic acids is 1. The summed E-state index contributed by atoms with van der Waals surface area (Å²) < 4.78 is 0.954. The fourth-order valence-corrected chi connectivity index (χ4v) is 1.02. The molecule has 1 N–H and O–H groups in total. The van der Waals surface area contributed by atoms with Crippen molar-refractivity contribution in [2.75, 3.05) is 0 Å². The SMILES string of the molecule is [NH]C(=O)n1nnc2ccccc21. The summed E-state index contributed by atoms with van der Waals surface area (Å²) in [5.41, 5.74) is 8.03. The smallest absolute Gasteiger partial charge is 0.246 e. The third-order valence-electron chi connectivity index (χ3n) is 1.54. The second kappa shape index (κ2) is 2.30. The summed E-state index contributed by atoms with van der Waals surface area (Å²) in [5, 5.41) is 7.24. The van der Waals surface area contributed by atoms with Crippen LogP contribution in [0.2, 0.25) is 0 Å². The average Bonchev–Trinajstić information content (AvgIpc) is 2.47. The number of carbonyl (C=O) groups is 1. The number of fused-ring (bicyclic) bond motifs is 1. The van der Waals surface area contributed by atoms with Crippen molar-refractivity contribution >= 4 is 17.1 Å². The van der Waals surface area contributed by atoms with Crippen LogP contribution < -0.4 is 5.73 Å². The van der Waals surface area contributed by atoms with Crippen molar-refractivity contribution < 1.29 is 4.79 Å². The topological polar surface area (TPSA) is 71.6 Å². The van der Waals surface area contributed by atoms with Gasteiger partial charge in [-0.3, -0.25) is 0 Å². The number of hydrogen-bond donors (Lipinski definition) is 0. The van der Waals surface area contributed by atoms with Gasteiger partial charge >= 0.3 is 6.03 Å². The molecule has 2 rings (SSSR count). The maximum absolute atomic E-state index is 10.6. The molecule has 1 heterocycles. The van der Waals surface area contributed by atoms with E-state index in [0.29, 0.717) is 11.0 Å². The lowest BCUT2D eigenvalue weighted by Crippen LogP contribution is -2.11. The molecule has 0 aliphatic rings. The predicted molar refractivity (Wildman–Crippen MR) is 41.4 cm³/mol. The fraction of sp³-hybridized carbons (Fsp3) is 0. The quantitative estimate of drug-likeness (QED) is 0.570. The Morgan fingerprint density at radius 1 is 1.42 bits per heavy atom. The molecule has 0 aliphatic heterocycles. The average molecular weight is 161 g/mol. The minimum absolute atomic E-state index is 0.567. The second-order valence-electron chi connectivity index (χ2n) is 2.30.